The van der Waals surface area contributed by atoms with Gasteiger partial charge in [-0.1, -0.05) is 25.1 Å². The molecule has 2 N–H and O–H groups in total. The van der Waals surface area contributed by atoms with Gasteiger partial charge in [-0.2, -0.15) is 13.2 Å². The predicted octanol–water partition coefficient (Wildman–Crippen LogP) is 4.66. The van der Waals surface area contributed by atoms with Gasteiger partial charge in [0.05, 0.1) is 5.56 Å². The minimum atomic E-state index is -4.32. The summed E-state index contributed by atoms with van der Waals surface area (Å²) in [5, 5.41) is 6.52. The molecular weight excluding hydrogens is 377 g/mol. The first-order valence-corrected chi connectivity index (χ1v) is 9.51. The zero-order valence-corrected chi connectivity index (χ0v) is 16.3. The third-order valence-corrected chi connectivity index (χ3v) is 5.73. The molecule has 0 saturated carbocycles. The molecule has 2 saturated heterocycles. The van der Waals surface area contributed by atoms with Crippen LogP contribution in [-0.4, -0.2) is 24.5 Å². The Morgan fingerprint density at radius 2 is 1.93 bits per heavy atom. The van der Waals surface area contributed by atoms with Crippen LogP contribution in [0.5, 0.6) is 0 Å². The Balaban J connectivity index is 0.00000261. The molecular formula is C20H28ClF3N2O. The molecule has 0 spiro atoms. The van der Waals surface area contributed by atoms with Crippen LogP contribution in [0.4, 0.5) is 13.2 Å². The van der Waals surface area contributed by atoms with Crippen molar-refractivity contribution < 1.29 is 18.0 Å². The van der Waals surface area contributed by atoms with E-state index in [0.29, 0.717) is 43.0 Å². The normalized spacial score (nSPS) is 25.6. The number of hydrogen-bond acceptors (Lipinski definition) is 2. The Morgan fingerprint density at radius 1 is 1.26 bits per heavy atom. The average molecular weight is 405 g/mol. The number of fused-ring (bicyclic) bond motifs is 2. The number of carbonyl (C=O) groups is 1. The minimum Gasteiger partial charge on any atom is -0.356 e. The lowest BCUT2D eigenvalue weighted by molar-refractivity contribution is -0.137. The molecule has 3 atom stereocenters. The quantitative estimate of drug-likeness (QED) is 0.724. The highest BCUT2D eigenvalue weighted by atomic mass is 35.5. The molecule has 1 aromatic carbocycles. The maximum Gasteiger partial charge on any atom is 0.416 e. The zero-order valence-electron chi connectivity index (χ0n) is 15.5. The molecule has 0 radical (unpaired) electrons. The largest absolute Gasteiger partial charge is 0.416 e. The Kier molecular flexibility index (Phi) is 7.57. The molecule has 1 aromatic rings. The van der Waals surface area contributed by atoms with E-state index in [0.717, 1.165) is 18.9 Å². The van der Waals surface area contributed by atoms with Gasteiger partial charge < -0.3 is 10.6 Å². The molecule has 7 heteroatoms. The topological polar surface area (TPSA) is 41.1 Å². The van der Waals surface area contributed by atoms with Gasteiger partial charge in [0.25, 0.3) is 0 Å². The maximum atomic E-state index is 12.8. The predicted molar refractivity (Wildman–Crippen MR) is 102 cm³/mol. The third-order valence-electron chi connectivity index (χ3n) is 5.73. The number of rotatable bonds is 6. The monoisotopic (exact) mass is 404 g/mol. The second-order valence-corrected chi connectivity index (χ2v) is 7.84. The molecule has 0 aliphatic carbocycles. The summed E-state index contributed by atoms with van der Waals surface area (Å²) >= 11 is 0. The number of halogens is 4. The van der Waals surface area contributed by atoms with Gasteiger partial charge in [0, 0.05) is 25.0 Å². The fourth-order valence-electron chi connectivity index (χ4n) is 4.29. The molecule has 3 rings (SSSR count). The fourth-order valence-corrected chi connectivity index (χ4v) is 4.29. The SMILES string of the molecule is CC(CCNC(=O)CC1CC2CCC(C1)N2)c1cccc(C(F)(F)F)c1.Cl. The number of nitrogens with one attached hydrogen (secondary N) is 2. The smallest absolute Gasteiger partial charge is 0.356 e. The molecule has 2 aliphatic rings. The molecule has 152 valence electrons. The van der Waals surface area contributed by atoms with E-state index in [2.05, 4.69) is 10.6 Å². The maximum absolute atomic E-state index is 12.8. The molecule has 2 heterocycles. The highest BCUT2D eigenvalue weighted by Crippen LogP contribution is 2.33. The van der Waals surface area contributed by atoms with Crippen LogP contribution in [0.25, 0.3) is 0 Å². The van der Waals surface area contributed by atoms with E-state index in [1.165, 1.54) is 25.0 Å². The van der Waals surface area contributed by atoms with E-state index >= 15 is 0 Å². The number of piperidine rings is 1. The van der Waals surface area contributed by atoms with Gasteiger partial charge >= 0.3 is 6.18 Å². The lowest BCUT2D eigenvalue weighted by Crippen LogP contribution is -2.39. The first-order valence-electron chi connectivity index (χ1n) is 9.51. The summed E-state index contributed by atoms with van der Waals surface area (Å²) in [7, 11) is 0. The number of benzene rings is 1. The standard InChI is InChI=1S/C20H27F3N2O.ClH/c1-13(15-3-2-4-16(12-15)20(21,22)23)7-8-24-19(26)11-14-9-17-5-6-18(10-14)25-17;/h2-4,12-14,17-18,25H,5-11H2,1H3,(H,24,26);1H. The van der Waals surface area contributed by atoms with Crippen molar-refractivity contribution in [1.82, 2.24) is 10.6 Å². The molecule has 3 unspecified atom stereocenters. The zero-order chi connectivity index (χ0) is 18.7. The minimum absolute atomic E-state index is 0. The van der Waals surface area contributed by atoms with Crippen molar-refractivity contribution >= 4 is 18.3 Å². The van der Waals surface area contributed by atoms with Crippen molar-refractivity contribution in [2.24, 2.45) is 5.92 Å². The van der Waals surface area contributed by atoms with Crippen LogP contribution in [0.3, 0.4) is 0 Å². The van der Waals surface area contributed by atoms with Crippen LogP contribution in [-0.2, 0) is 11.0 Å². The van der Waals surface area contributed by atoms with E-state index in [1.54, 1.807) is 6.07 Å². The summed E-state index contributed by atoms with van der Waals surface area (Å²) in [4.78, 5) is 12.2. The molecule has 27 heavy (non-hydrogen) atoms. The van der Waals surface area contributed by atoms with Crippen molar-refractivity contribution in [3.8, 4) is 0 Å². The van der Waals surface area contributed by atoms with Crippen LogP contribution in [0.1, 0.15) is 62.5 Å². The second-order valence-electron chi connectivity index (χ2n) is 7.84. The van der Waals surface area contributed by atoms with Crippen molar-refractivity contribution in [2.75, 3.05) is 6.54 Å². The first kappa shape index (κ1) is 22.0. The van der Waals surface area contributed by atoms with Gasteiger partial charge in [0.1, 0.15) is 0 Å². The molecule has 3 nitrogen and oxygen atoms in total. The van der Waals surface area contributed by atoms with Crippen LogP contribution in [0, 0.1) is 5.92 Å². The van der Waals surface area contributed by atoms with Gasteiger partial charge in [0.15, 0.2) is 0 Å². The number of carbonyl (C=O) groups excluding carboxylic acids is 1. The van der Waals surface area contributed by atoms with E-state index < -0.39 is 11.7 Å². The highest BCUT2D eigenvalue weighted by molar-refractivity contribution is 5.85. The van der Waals surface area contributed by atoms with Crippen LogP contribution in [0.15, 0.2) is 24.3 Å². The fraction of sp³-hybridized carbons (Fsp3) is 0.650. The molecule has 2 bridgehead atoms. The van der Waals surface area contributed by atoms with E-state index in [-0.39, 0.29) is 24.2 Å². The van der Waals surface area contributed by atoms with Crippen molar-refractivity contribution in [1.29, 1.82) is 0 Å². The number of amides is 1. The van der Waals surface area contributed by atoms with Crippen LogP contribution in [0.2, 0.25) is 0 Å². The molecule has 2 aliphatic heterocycles. The van der Waals surface area contributed by atoms with Gasteiger partial charge in [-0.05, 0) is 55.6 Å². The number of alkyl halides is 3. The third kappa shape index (κ3) is 6.11. The first-order chi connectivity index (χ1) is 12.3. The van der Waals surface area contributed by atoms with Gasteiger partial charge in [-0.15, -0.1) is 12.4 Å². The molecule has 0 aromatic heterocycles. The molecule has 2 fully saturated rings. The van der Waals surface area contributed by atoms with Crippen molar-refractivity contribution in [3.05, 3.63) is 35.4 Å². The Morgan fingerprint density at radius 3 is 2.56 bits per heavy atom. The lowest BCUT2D eigenvalue weighted by atomic mass is 9.89. The van der Waals surface area contributed by atoms with Crippen molar-refractivity contribution in [2.45, 2.75) is 69.6 Å². The highest BCUT2D eigenvalue weighted by Gasteiger charge is 2.34. The summed E-state index contributed by atoms with van der Waals surface area (Å²) in [5.74, 6) is 0.481. The summed E-state index contributed by atoms with van der Waals surface area (Å²) in [6.45, 7) is 2.39. The van der Waals surface area contributed by atoms with E-state index in [1.807, 2.05) is 6.92 Å². The summed E-state index contributed by atoms with van der Waals surface area (Å²) in [6, 6.07) is 6.60. The van der Waals surface area contributed by atoms with E-state index in [4.69, 9.17) is 0 Å². The summed E-state index contributed by atoms with van der Waals surface area (Å²) in [5.41, 5.74) is 0.0374. The summed E-state index contributed by atoms with van der Waals surface area (Å²) in [6.07, 6.45) is 1.46. The van der Waals surface area contributed by atoms with Gasteiger partial charge in [-0.25, -0.2) is 0 Å². The average Bonchev–Trinajstić information content (AvgIpc) is 2.92. The van der Waals surface area contributed by atoms with Crippen molar-refractivity contribution in [3.63, 3.8) is 0 Å². The Labute approximate surface area is 164 Å². The van der Waals surface area contributed by atoms with Crippen LogP contribution >= 0.6 is 12.4 Å². The van der Waals surface area contributed by atoms with Crippen LogP contribution < -0.4 is 10.6 Å². The summed E-state index contributed by atoms with van der Waals surface area (Å²) < 4.78 is 38.4. The molecule has 1 amide bonds. The second kappa shape index (κ2) is 9.28. The Bertz CT molecular complexity index is 626. The lowest BCUT2D eigenvalue weighted by Gasteiger charge is -2.28. The van der Waals surface area contributed by atoms with Gasteiger partial charge in [0.2, 0.25) is 5.91 Å². The Hall–Kier alpha value is -1.27. The van der Waals surface area contributed by atoms with E-state index in [9.17, 15) is 18.0 Å². The van der Waals surface area contributed by atoms with Gasteiger partial charge in [-0.3, -0.25) is 4.79 Å². The number of hydrogen-bond donors (Lipinski definition) is 2.